The Kier molecular flexibility index (Phi) is 4.23. The van der Waals surface area contributed by atoms with Crippen LogP contribution in [0, 0.1) is 0 Å². The largest absolute Gasteiger partial charge is 0.573 e. The van der Waals surface area contributed by atoms with Gasteiger partial charge >= 0.3 is 6.36 Å². The molecule has 0 atom stereocenters. The van der Waals surface area contributed by atoms with E-state index in [9.17, 15) is 18.0 Å². The van der Waals surface area contributed by atoms with Crippen molar-refractivity contribution in [2.75, 3.05) is 0 Å². The first kappa shape index (κ1) is 15.0. The highest BCUT2D eigenvalue weighted by atomic mass is 19.4. The van der Waals surface area contributed by atoms with Gasteiger partial charge in [0.2, 0.25) is 0 Å². The van der Waals surface area contributed by atoms with Gasteiger partial charge in [-0.15, -0.1) is 13.2 Å². The van der Waals surface area contributed by atoms with Gasteiger partial charge in [-0.05, 0) is 24.3 Å². The topological polar surface area (TPSA) is 65.2 Å². The number of benzene rings is 1. The van der Waals surface area contributed by atoms with Crippen LogP contribution in [0.3, 0.4) is 0 Å². The molecule has 0 unspecified atom stereocenters. The van der Waals surface area contributed by atoms with Crippen LogP contribution in [0.2, 0.25) is 0 Å². The molecular formula is C14H11F3N2O2. The van der Waals surface area contributed by atoms with Gasteiger partial charge in [0.1, 0.15) is 5.75 Å². The number of hydrogen-bond acceptors (Lipinski definition) is 4. The molecule has 0 amide bonds. The molecule has 21 heavy (non-hydrogen) atoms. The van der Waals surface area contributed by atoms with Crippen molar-refractivity contribution in [3.8, 4) is 5.75 Å². The van der Waals surface area contributed by atoms with Crippen LogP contribution in [0.25, 0.3) is 0 Å². The summed E-state index contributed by atoms with van der Waals surface area (Å²) in [6.07, 6.45) is -3.49. The lowest BCUT2D eigenvalue weighted by atomic mass is 10.0. The van der Waals surface area contributed by atoms with E-state index in [-0.39, 0.29) is 17.7 Å². The normalized spacial score (nSPS) is 11.2. The van der Waals surface area contributed by atoms with E-state index in [1.165, 1.54) is 36.5 Å². The van der Waals surface area contributed by atoms with E-state index in [0.717, 1.165) is 6.07 Å². The molecule has 1 heterocycles. The van der Waals surface area contributed by atoms with Gasteiger partial charge in [-0.1, -0.05) is 12.1 Å². The SMILES string of the molecule is NCc1cc(C(=O)c2ccccc2OC(F)(F)F)ccn1. The van der Waals surface area contributed by atoms with Crippen molar-refractivity contribution in [2.24, 2.45) is 5.73 Å². The Morgan fingerprint density at radius 2 is 1.95 bits per heavy atom. The molecule has 2 rings (SSSR count). The number of hydrogen-bond donors (Lipinski definition) is 1. The Balaban J connectivity index is 2.39. The van der Waals surface area contributed by atoms with E-state index in [1.807, 2.05) is 0 Å². The number of aromatic nitrogens is 1. The number of carbonyl (C=O) groups is 1. The van der Waals surface area contributed by atoms with Gasteiger partial charge in [0.25, 0.3) is 0 Å². The Labute approximate surface area is 118 Å². The summed E-state index contributed by atoms with van der Waals surface area (Å²) in [5, 5.41) is 0. The first-order valence-electron chi connectivity index (χ1n) is 5.95. The minimum absolute atomic E-state index is 0.127. The van der Waals surface area contributed by atoms with Gasteiger partial charge in [0.05, 0.1) is 11.3 Å². The summed E-state index contributed by atoms with van der Waals surface area (Å²) >= 11 is 0. The molecule has 0 saturated heterocycles. The molecule has 0 fully saturated rings. The van der Waals surface area contributed by atoms with Crippen molar-refractivity contribution in [1.29, 1.82) is 0 Å². The number of nitrogens with two attached hydrogens (primary N) is 1. The van der Waals surface area contributed by atoms with E-state index in [2.05, 4.69) is 9.72 Å². The Hall–Kier alpha value is -2.41. The second-order valence-corrected chi connectivity index (χ2v) is 4.11. The highest BCUT2D eigenvalue weighted by molar-refractivity contribution is 6.10. The van der Waals surface area contributed by atoms with Crippen molar-refractivity contribution in [2.45, 2.75) is 12.9 Å². The zero-order valence-electron chi connectivity index (χ0n) is 10.7. The van der Waals surface area contributed by atoms with Crippen LogP contribution in [-0.4, -0.2) is 17.1 Å². The maximum atomic E-state index is 12.3. The average Bonchev–Trinajstić information content (AvgIpc) is 2.45. The molecule has 110 valence electrons. The van der Waals surface area contributed by atoms with Crippen LogP contribution in [-0.2, 0) is 6.54 Å². The fourth-order valence-electron chi connectivity index (χ4n) is 1.75. The van der Waals surface area contributed by atoms with Crippen LogP contribution in [0.15, 0.2) is 42.6 Å². The number of alkyl halides is 3. The maximum absolute atomic E-state index is 12.3. The third-order valence-electron chi connectivity index (χ3n) is 2.65. The number of carbonyl (C=O) groups excluding carboxylic acids is 1. The van der Waals surface area contributed by atoms with E-state index >= 15 is 0 Å². The van der Waals surface area contributed by atoms with Crippen molar-refractivity contribution >= 4 is 5.78 Å². The van der Waals surface area contributed by atoms with Crippen LogP contribution >= 0.6 is 0 Å². The fraction of sp³-hybridized carbons (Fsp3) is 0.143. The molecule has 0 aliphatic rings. The van der Waals surface area contributed by atoms with Gasteiger partial charge < -0.3 is 10.5 Å². The lowest BCUT2D eigenvalue weighted by molar-refractivity contribution is -0.274. The Morgan fingerprint density at radius 3 is 2.62 bits per heavy atom. The van der Waals surface area contributed by atoms with Gasteiger partial charge in [0, 0.05) is 18.3 Å². The predicted molar refractivity (Wildman–Crippen MR) is 68.7 cm³/mol. The van der Waals surface area contributed by atoms with Gasteiger partial charge in [-0.25, -0.2) is 0 Å². The smallest absolute Gasteiger partial charge is 0.405 e. The minimum Gasteiger partial charge on any atom is -0.405 e. The van der Waals surface area contributed by atoms with Gasteiger partial charge in [-0.3, -0.25) is 9.78 Å². The number of pyridine rings is 1. The number of para-hydroxylation sites is 1. The van der Waals surface area contributed by atoms with Crippen molar-refractivity contribution in [1.82, 2.24) is 4.98 Å². The van der Waals surface area contributed by atoms with Crippen LogP contribution in [0.1, 0.15) is 21.6 Å². The molecule has 4 nitrogen and oxygen atoms in total. The number of ketones is 1. The zero-order chi connectivity index (χ0) is 15.5. The lowest BCUT2D eigenvalue weighted by Crippen LogP contribution is -2.19. The summed E-state index contributed by atoms with van der Waals surface area (Å²) < 4.78 is 40.9. The quantitative estimate of drug-likeness (QED) is 0.881. The van der Waals surface area contributed by atoms with E-state index in [0.29, 0.717) is 5.69 Å². The predicted octanol–water partition coefficient (Wildman–Crippen LogP) is 2.67. The van der Waals surface area contributed by atoms with Gasteiger partial charge in [0.15, 0.2) is 5.78 Å². The van der Waals surface area contributed by atoms with Gasteiger partial charge in [-0.2, -0.15) is 0 Å². The molecule has 7 heteroatoms. The van der Waals surface area contributed by atoms with Crippen molar-refractivity contribution in [3.05, 3.63) is 59.4 Å². The second-order valence-electron chi connectivity index (χ2n) is 4.11. The molecule has 0 aliphatic heterocycles. The summed E-state index contributed by atoms with van der Waals surface area (Å²) in [5.41, 5.74) is 5.91. The molecule has 0 radical (unpaired) electrons. The average molecular weight is 296 g/mol. The summed E-state index contributed by atoms with van der Waals surface area (Å²) in [4.78, 5) is 16.2. The zero-order valence-corrected chi connectivity index (χ0v) is 10.7. The van der Waals surface area contributed by atoms with E-state index < -0.39 is 17.9 Å². The molecule has 2 N–H and O–H groups in total. The summed E-state index contributed by atoms with van der Waals surface area (Å²) in [6.45, 7) is 0.127. The standard InChI is InChI=1S/C14H11F3N2O2/c15-14(16,17)21-12-4-2-1-3-11(12)13(20)9-5-6-19-10(7-9)8-18/h1-7H,8,18H2. The van der Waals surface area contributed by atoms with Crippen LogP contribution in [0.5, 0.6) is 5.75 Å². The number of nitrogens with zero attached hydrogens (tertiary/aromatic N) is 1. The first-order chi connectivity index (χ1) is 9.90. The lowest BCUT2D eigenvalue weighted by Gasteiger charge is -2.12. The molecule has 0 saturated carbocycles. The Morgan fingerprint density at radius 1 is 1.24 bits per heavy atom. The van der Waals surface area contributed by atoms with E-state index in [4.69, 9.17) is 5.73 Å². The van der Waals surface area contributed by atoms with Crippen LogP contribution in [0.4, 0.5) is 13.2 Å². The van der Waals surface area contributed by atoms with E-state index in [1.54, 1.807) is 0 Å². The number of rotatable bonds is 4. The third kappa shape index (κ3) is 3.79. The monoisotopic (exact) mass is 296 g/mol. The maximum Gasteiger partial charge on any atom is 0.573 e. The summed E-state index contributed by atoms with van der Waals surface area (Å²) in [5.74, 6) is -1.13. The molecule has 0 aliphatic carbocycles. The summed E-state index contributed by atoms with van der Waals surface area (Å²) in [7, 11) is 0. The molecule has 1 aromatic heterocycles. The fourth-order valence-corrected chi connectivity index (χ4v) is 1.75. The molecule has 2 aromatic rings. The second kappa shape index (κ2) is 5.92. The highest BCUT2D eigenvalue weighted by Crippen LogP contribution is 2.27. The number of ether oxygens (including phenoxy) is 1. The van der Waals surface area contributed by atoms with Crippen molar-refractivity contribution < 1.29 is 22.7 Å². The Bertz CT molecular complexity index is 657. The molecular weight excluding hydrogens is 285 g/mol. The molecule has 0 spiro atoms. The van der Waals surface area contributed by atoms with Crippen LogP contribution < -0.4 is 10.5 Å². The highest BCUT2D eigenvalue weighted by Gasteiger charge is 2.32. The molecule has 0 bridgehead atoms. The summed E-state index contributed by atoms with van der Waals surface area (Å²) in [6, 6.07) is 8.02. The third-order valence-corrected chi connectivity index (χ3v) is 2.65. The minimum atomic E-state index is -4.86. The number of halogens is 3. The van der Waals surface area contributed by atoms with Crippen molar-refractivity contribution in [3.63, 3.8) is 0 Å². The first-order valence-corrected chi connectivity index (χ1v) is 5.95. The molecule has 1 aromatic carbocycles.